The van der Waals surface area contributed by atoms with Crippen LogP contribution in [0.2, 0.25) is 0 Å². The van der Waals surface area contributed by atoms with Crippen LogP contribution in [0.5, 0.6) is 0 Å². The number of carbonyl (C=O) groups is 1. The second-order valence-electron chi connectivity index (χ2n) is 6.95. The summed E-state index contributed by atoms with van der Waals surface area (Å²) in [5.41, 5.74) is 1.81. The Balaban J connectivity index is 1.41. The molecule has 1 saturated heterocycles. The second kappa shape index (κ2) is 8.86. The standard InChI is InChI=1S/C21H24FN3O2S/c22-17-4-5-18-16(13-17)14-19(20-3-1-12-28-20)25(18)15-21(26)23-6-2-7-24-8-10-27-11-9-24/h1,3-5,12-14H,2,6-11,15H2,(H,23,26). The van der Waals surface area contributed by atoms with Crippen LogP contribution >= 0.6 is 11.3 Å². The fourth-order valence-electron chi connectivity index (χ4n) is 3.60. The molecule has 5 nitrogen and oxygen atoms in total. The van der Waals surface area contributed by atoms with Crippen LogP contribution in [0.15, 0.2) is 41.8 Å². The molecule has 4 rings (SSSR count). The zero-order valence-electron chi connectivity index (χ0n) is 15.7. The Bertz CT molecular complexity index is 933. The van der Waals surface area contributed by atoms with E-state index in [-0.39, 0.29) is 18.3 Å². The van der Waals surface area contributed by atoms with Gasteiger partial charge in [-0.15, -0.1) is 11.3 Å². The van der Waals surface area contributed by atoms with Gasteiger partial charge in [-0.1, -0.05) is 6.07 Å². The fraction of sp³-hybridized carbons (Fsp3) is 0.381. The van der Waals surface area contributed by atoms with Crippen LogP contribution in [-0.2, 0) is 16.1 Å². The topological polar surface area (TPSA) is 46.5 Å². The number of fused-ring (bicyclic) bond motifs is 1. The predicted molar refractivity (Wildman–Crippen MR) is 110 cm³/mol. The minimum atomic E-state index is -0.269. The van der Waals surface area contributed by atoms with Crippen LogP contribution in [0.3, 0.4) is 0 Å². The zero-order valence-corrected chi connectivity index (χ0v) is 16.5. The first kappa shape index (κ1) is 19.1. The maximum atomic E-state index is 13.6. The minimum absolute atomic E-state index is 0.0263. The maximum Gasteiger partial charge on any atom is 0.239 e. The molecule has 0 aliphatic carbocycles. The lowest BCUT2D eigenvalue weighted by atomic mass is 10.2. The summed E-state index contributed by atoms with van der Waals surface area (Å²) >= 11 is 1.61. The summed E-state index contributed by atoms with van der Waals surface area (Å²) in [6, 6.07) is 10.7. The Hall–Kier alpha value is -2.22. The summed E-state index contributed by atoms with van der Waals surface area (Å²) in [6.45, 7) is 5.35. The summed E-state index contributed by atoms with van der Waals surface area (Å²) in [6.07, 6.45) is 0.918. The Kier molecular flexibility index (Phi) is 6.04. The van der Waals surface area contributed by atoms with Crippen molar-refractivity contribution >= 4 is 28.1 Å². The molecular formula is C21H24FN3O2S. The molecule has 148 valence electrons. The lowest BCUT2D eigenvalue weighted by molar-refractivity contribution is -0.121. The van der Waals surface area contributed by atoms with Crippen LogP contribution in [0, 0.1) is 5.82 Å². The molecule has 1 amide bonds. The average Bonchev–Trinajstić information content (AvgIpc) is 3.34. The summed E-state index contributed by atoms with van der Waals surface area (Å²) in [7, 11) is 0. The third-order valence-electron chi connectivity index (χ3n) is 5.02. The van der Waals surface area contributed by atoms with E-state index in [1.165, 1.54) is 12.1 Å². The van der Waals surface area contributed by atoms with E-state index >= 15 is 0 Å². The lowest BCUT2D eigenvalue weighted by Gasteiger charge is -2.26. The van der Waals surface area contributed by atoms with E-state index in [0.717, 1.165) is 60.7 Å². The second-order valence-corrected chi connectivity index (χ2v) is 7.90. The number of nitrogens with zero attached hydrogens (tertiary/aromatic N) is 2. The minimum Gasteiger partial charge on any atom is -0.379 e. The van der Waals surface area contributed by atoms with Crippen LogP contribution in [0.25, 0.3) is 21.5 Å². The number of carbonyl (C=O) groups excluding carboxylic acids is 1. The van der Waals surface area contributed by atoms with E-state index in [1.807, 2.05) is 28.1 Å². The normalized spacial score (nSPS) is 15.2. The lowest BCUT2D eigenvalue weighted by Crippen LogP contribution is -2.38. The molecule has 1 aromatic carbocycles. The molecule has 0 saturated carbocycles. The summed E-state index contributed by atoms with van der Waals surface area (Å²) in [4.78, 5) is 16.0. The van der Waals surface area contributed by atoms with Crippen LogP contribution < -0.4 is 5.32 Å². The number of halogens is 1. The molecule has 0 radical (unpaired) electrons. The van der Waals surface area contributed by atoms with Gasteiger partial charge >= 0.3 is 0 Å². The van der Waals surface area contributed by atoms with Crippen molar-refractivity contribution in [1.29, 1.82) is 0 Å². The number of benzene rings is 1. The number of ether oxygens (including phenoxy) is 1. The van der Waals surface area contributed by atoms with Gasteiger partial charge in [-0.2, -0.15) is 0 Å². The van der Waals surface area contributed by atoms with Gasteiger partial charge in [0.15, 0.2) is 0 Å². The molecule has 1 fully saturated rings. The van der Waals surface area contributed by atoms with Crippen LogP contribution in [0.1, 0.15) is 6.42 Å². The van der Waals surface area contributed by atoms with Crippen LogP contribution in [-0.4, -0.2) is 54.8 Å². The van der Waals surface area contributed by atoms with Gasteiger partial charge < -0.3 is 14.6 Å². The number of thiophene rings is 1. The molecule has 1 aliphatic heterocycles. The highest BCUT2D eigenvalue weighted by atomic mass is 32.1. The van der Waals surface area contributed by atoms with Crippen molar-refractivity contribution < 1.29 is 13.9 Å². The van der Waals surface area contributed by atoms with Crippen molar-refractivity contribution in [1.82, 2.24) is 14.8 Å². The van der Waals surface area contributed by atoms with E-state index in [1.54, 1.807) is 17.4 Å². The van der Waals surface area contributed by atoms with E-state index in [9.17, 15) is 9.18 Å². The number of hydrogen-bond acceptors (Lipinski definition) is 4. The smallest absolute Gasteiger partial charge is 0.239 e. The first-order chi connectivity index (χ1) is 13.7. The van der Waals surface area contributed by atoms with Gasteiger partial charge in [0, 0.05) is 30.5 Å². The first-order valence-corrected chi connectivity index (χ1v) is 10.5. The summed E-state index contributed by atoms with van der Waals surface area (Å²) in [5.74, 6) is -0.295. The number of amides is 1. The van der Waals surface area contributed by atoms with Crippen LogP contribution in [0.4, 0.5) is 4.39 Å². The van der Waals surface area contributed by atoms with E-state index in [2.05, 4.69) is 10.2 Å². The number of hydrogen-bond donors (Lipinski definition) is 1. The molecule has 28 heavy (non-hydrogen) atoms. The van der Waals surface area contributed by atoms with Crippen molar-refractivity contribution in [2.24, 2.45) is 0 Å². The SMILES string of the molecule is O=C(Cn1c(-c2cccs2)cc2cc(F)ccc21)NCCCN1CCOCC1. The van der Waals surface area contributed by atoms with Gasteiger partial charge in [-0.25, -0.2) is 4.39 Å². The number of nitrogens with one attached hydrogen (secondary N) is 1. The Labute approximate surface area is 167 Å². The molecule has 2 aromatic heterocycles. The van der Waals surface area contributed by atoms with Crippen molar-refractivity contribution in [2.45, 2.75) is 13.0 Å². The number of rotatable bonds is 7. The van der Waals surface area contributed by atoms with Crippen molar-refractivity contribution in [3.63, 3.8) is 0 Å². The quantitative estimate of drug-likeness (QED) is 0.618. The van der Waals surface area contributed by atoms with Gasteiger partial charge in [0.05, 0.1) is 23.8 Å². The summed E-state index contributed by atoms with van der Waals surface area (Å²) in [5, 5.41) is 5.83. The fourth-order valence-corrected chi connectivity index (χ4v) is 4.35. The molecule has 1 N–H and O–H groups in total. The third-order valence-corrected chi connectivity index (χ3v) is 5.91. The van der Waals surface area contributed by atoms with Crippen molar-refractivity contribution in [3.05, 3.63) is 47.6 Å². The maximum absolute atomic E-state index is 13.6. The first-order valence-electron chi connectivity index (χ1n) is 9.60. The Morgan fingerprint density at radius 2 is 2.07 bits per heavy atom. The van der Waals surface area contributed by atoms with Gasteiger partial charge in [0.2, 0.25) is 5.91 Å². The van der Waals surface area contributed by atoms with Gasteiger partial charge in [-0.05, 0) is 48.7 Å². The molecule has 3 heterocycles. The van der Waals surface area contributed by atoms with Gasteiger partial charge in [0.1, 0.15) is 12.4 Å². The highest BCUT2D eigenvalue weighted by Gasteiger charge is 2.15. The molecule has 7 heteroatoms. The highest BCUT2D eigenvalue weighted by molar-refractivity contribution is 7.13. The molecule has 0 spiro atoms. The van der Waals surface area contributed by atoms with Gasteiger partial charge in [0.25, 0.3) is 0 Å². The van der Waals surface area contributed by atoms with Crippen molar-refractivity contribution in [3.8, 4) is 10.6 Å². The van der Waals surface area contributed by atoms with E-state index in [0.29, 0.717) is 6.54 Å². The summed E-state index contributed by atoms with van der Waals surface area (Å²) < 4.78 is 21.0. The molecule has 3 aromatic rings. The van der Waals surface area contributed by atoms with Crippen molar-refractivity contribution in [2.75, 3.05) is 39.4 Å². The third kappa shape index (κ3) is 4.43. The number of morpholine rings is 1. The predicted octanol–water partition coefficient (Wildman–Crippen LogP) is 3.35. The van der Waals surface area contributed by atoms with E-state index in [4.69, 9.17) is 4.74 Å². The molecule has 0 bridgehead atoms. The molecule has 0 unspecified atom stereocenters. The van der Waals surface area contributed by atoms with E-state index < -0.39 is 0 Å². The highest BCUT2D eigenvalue weighted by Crippen LogP contribution is 2.31. The molecule has 1 aliphatic rings. The number of aromatic nitrogens is 1. The monoisotopic (exact) mass is 401 g/mol. The zero-order chi connectivity index (χ0) is 19.3. The Morgan fingerprint density at radius 1 is 1.21 bits per heavy atom. The molecule has 0 atom stereocenters. The average molecular weight is 402 g/mol. The Morgan fingerprint density at radius 3 is 2.86 bits per heavy atom. The molecular weight excluding hydrogens is 377 g/mol. The largest absolute Gasteiger partial charge is 0.379 e. The van der Waals surface area contributed by atoms with Gasteiger partial charge in [-0.3, -0.25) is 9.69 Å².